The molecule has 0 saturated heterocycles. The van der Waals surface area contributed by atoms with Crippen molar-refractivity contribution >= 4 is 6.29 Å². The van der Waals surface area contributed by atoms with E-state index in [0.29, 0.717) is 11.8 Å². The first-order chi connectivity index (χ1) is 8.26. The number of unbranched alkanes of at least 4 members (excludes halogenated alkanes) is 2. The summed E-state index contributed by atoms with van der Waals surface area (Å²) < 4.78 is 0. The van der Waals surface area contributed by atoms with Crippen molar-refractivity contribution in [2.45, 2.75) is 46.0 Å². The summed E-state index contributed by atoms with van der Waals surface area (Å²) in [6.45, 7) is 4.54. The zero-order valence-electron chi connectivity index (χ0n) is 11.1. The van der Waals surface area contributed by atoms with E-state index in [4.69, 9.17) is 0 Å². The molecule has 2 aliphatic carbocycles. The van der Waals surface area contributed by atoms with Crippen LogP contribution in [0.2, 0.25) is 0 Å². The molecule has 0 aliphatic heterocycles. The Bertz CT molecular complexity index is 326. The van der Waals surface area contributed by atoms with E-state index in [1.54, 1.807) is 0 Å². The Morgan fingerprint density at radius 1 is 1.29 bits per heavy atom. The number of rotatable bonds is 6. The summed E-state index contributed by atoms with van der Waals surface area (Å²) in [4.78, 5) is 11.1. The van der Waals surface area contributed by atoms with E-state index in [1.807, 2.05) is 0 Å². The third-order valence-electron chi connectivity index (χ3n) is 4.55. The lowest BCUT2D eigenvalue weighted by Crippen LogP contribution is -2.15. The van der Waals surface area contributed by atoms with Crippen LogP contribution in [0.4, 0.5) is 0 Å². The van der Waals surface area contributed by atoms with Gasteiger partial charge in [-0.05, 0) is 48.5 Å². The van der Waals surface area contributed by atoms with Gasteiger partial charge in [-0.2, -0.15) is 0 Å². The van der Waals surface area contributed by atoms with Gasteiger partial charge in [-0.1, -0.05) is 44.9 Å². The number of carbonyl (C=O) groups is 1. The van der Waals surface area contributed by atoms with E-state index in [-0.39, 0.29) is 0 Å². The highest BCUT2D eigenvalue weighted by molar-refractivity contribution is 5.73. The van der Waals surface area contributed by atoms with E-state index in [2.05, 4.69) is 32.1 Å². The molecule has 4 unspecified atom stereocenters. The van der Waals surface area contributed by atoms with Crippen molar-refractivity contribution in [3.8, 4) is 0 Å². The van der Waals surface area contributed by atoms with E-state index in [1.165, 1.54) is 19.3 Å². The molecule has 0 heterocycles. The van der Waals surface area contributed by atoms with Crippen LogP contribution in [0.3, 0.4) is 0 Å². The van der Waals surface area contributed by atoms with Gasteiger partial charge in [-0.3, -0.25) is 4.79 Å². The number of carbonyl (C=O) groups excluding carboxylic acids is 1. The molecule has 0 radical (unpaired) electrons. The molecule has 2 bridgehead atoms. The number of fused-ring (bicyclic) bond motifs is 2. The first-order valence-electron chi connectivity index (χ1n) is 7.10. The first-order valence-corrected chi connectivity index (χ1v) is 7.10. The van der Waals surface area contributed by atoms with Crippen LogP contribution < -0.4 is 0 Å². The monoisotopic (exact) mass is 232 g/mol. The highest BCUT2D eigenvalue weighted by Crippen LogP contribution is 2.48. The number of hydrogen-bond donors (Lipinski definition) is 0. The summed E-state index contributed by atoms with van der Waals surface area (Å²) in [7, 11) is 0. The summed E-state index contributed by atoms with van der Waals surface area (Å²) in [6, 6.07) is 0. The van der Waals surface area contributed by atoms with Crippen molar-refractivity contribution in [2.75, 3.05) is 0 Å². The van der Waals surface area contributed by atoms with Gasteiger partial charge in [0.2, 0.25) is 0 Å². The molecular weight excluding hydrogens is 208 g/mol. The van der Waals surface area contributed by atoms with Crippen molar-refractivity contribution in [1.29, 1.82) is 0 Å². The maximum Gasteiger partial charge on any atom is 0.145 e. The van der Waals surface area contributed by atoms with Crippen LogP contribution in [-0.4, -0.2) is 6.29 Å². The Hall–Kier alpha value is -0.850. The molecule has 4 atom stereocenters. The van der Waals surface area contributed by atoms with Gasteiger partial charge in [0.1, 0.15) is 6.29 Å². The largest absolute Gasteiger partial charge is 0.298 e. The fourth-order valence-electron chi connectivity index (χ4n) is 3.39. The van der Waals surface area contributed by atoms with Crippen LogP contribution >= 0.6 is 0 Å². The zero-order chi connectivity index (χ0) is 12.3. The van der Waals surface area contributed by atoms with Gasteiger partial charge >= 0.3 is 0 Å². The third kappa shape index (κ3) is 2.70. The highest BCUT2D eigenvalue weighted by Gasteiger charge is 2.40. The minimum Gasteiger partial charge on any atom is -0.298 e. The first kappa shape index (κ1) is 12.6. The van der Waals surface area contributed by atoms with E-state index in [9.17, 15) is 4.79 Å². The fraction of sp³-hybridized carbons (Fsp3) is 0.688. The average molecular weight is 232 g/mol. The molecule has 0 aromatic carbocycles. The van der Waals surface area contributed by atoms with Gasteiger partial charge < -0.3 is 0 Å². The molecule has 2 aliphatic rings. The maximum atomic E-state index is 11.1. The molecule has 2 rings (SSSR count). The molecule has 0 N–H and O–H groups in total. The summed E-state index contributed by atoms with van der Waals surface area (Å²) in [5, 5.41) is 0. The summed E-state index contributed by atoms with van der Waals surface area (Å²) in [5.41, 5.74) is 1.04. The minimum atomic E-state index is 0.617. The molecule has 94 valence electrons. The third-order valence-corrected chi connectivity index (χ3v) is 4.55. The molecule has 1 saturated carbocycles. The molecule has 0 spiro atoms. The Balaban J connectivity index is 1.96. The van der Waals surface area contributed by atoms with Gasteiger partial charge in [0.15, 0.2) is 0 Å². The van der Waals surface area contributed by atoms with Crippen LogP contribution in [-0.2, 0) is 4.79 Å². The lowest BCUT2D eigenvalue weighted by Gasteiger charge is -2.22. The van der Waals surface area contributed by atoms with Gasteiger partial charge in [0.25, 0.3) is 0 Å². The predicted molar refractivity (Wildman–Crippen MR) is 71.7 cm³/mol. The molecule has 17 heavy (non-hydrogen) atoms. The lowest BCUT2D eigenvalue weighted by atomic mass is 9.83. The highest BCUT2D eigenvalue weighted by atomic mass is 16.1. The predicted octanol–water partition coefficient (Wildman–Crippen LogP) is 4.15. The molecule has 0 aromatic rings. The molecule has 1 fully saturated rings. The van der Waals surface area contributed by atoms with Crippen molar-refractivity contribution in [1.82, 2.24) is 0 Å². The summed E-state index contributed by atoms with van der Waals surface area (Å²) in [5.74, 6) is 2.82. The topological polar surface area (TPSA) is 17.1 Å². The van der Waals surface area contributed by atoms with Crippen LogP contribution in [0.15, 0.2) is 23.8 Å². The normalized spacial score (nSPS) is 35.5. The lowest BCUT2D eigenvalue weighted by molar-refractivity contribution is -0.105. The Morgan fingerprint density at radius 3 is 2.65 bits per heavy atom. The Labute approximate surface area is 105 Å². The molecule has 0 amide bonds. The molecule has 0 aromatic heterocycles. The fourth-order valence-corrected chi connectivity index (χ4v) is 3.39. The van der Waals surface area contributed by atoms with Crippen molar-refractivity contribution in [3.05, 3.63) is 23.8 Å². The van der Waals surface area contributed by atoms with Crippen LogP contribution in [0.25, 0.3) is 0 Å². The Kier molecular flexibility index (Phi) is 4.20. The maximum absolute atomic E-state index is 11.1. The van der Waals surface area contributed by atoms with Crippen LogP contribution in [0, 0.1) is 23.7 Å². The molecule has 1 heteroatoms. The molecule has 1 nitrogen and oxygen atoms in total. The zero-order valence-corrected chi connectivity index (χ0v) is 11.1. The van der Waals surface area contributed by atoms with Gasteiger partial charge in [0, 0.05) is 0 Å². The van der Waals surface area contributed by atoms with Gasteiger partial charge in [-0.25, -0.2) is 0 Å². The van der Waals surface area contributed by atoms with Gasteiger partial charge in [0.05, 0.1) is 0 Å². The van der Waals surface area contributed by atoms with E-state index in [0.717, 1.165) is 36.5 Å². The quantitative estimate of drug-likeness (QED) is 0.291. The van der Waals surface area contributed by atoms with Crippen LogP contribution in [0.1, 0.15) is 46.0 Å². The minimum absolute atomic E-state index is 0.617. The number of allylic oxidation sites excluding steroid dienone is 4. The van der Waals surface area contributed by atoms with Crippen LogP contribution in [0.5, 0.6) is 0 Å². The van der Waals surface area contributed by atoms with Crippen molar-refractivity contribution in [2.24, 2.45) is 23.7 Å². The van der Waals surface area contributed by atoms with E-state index >= 15 is 0 Å². The number of aldehydes is 1. The summed E-state index contributed by atoms with van der Waals surface area (Å²) >= 11 is 0. The average Bonchev–Trinajstić information content (AvgIpc) is 2.91. The van der Waals surface area contributed by atoms with E-state index < -0.39 is 0 Å². The molecular formula is C16H24O. The standard InChI is InChI=1S/C16H24O/c1-3-4-5-6-13(11-17)9-16-12(2)14-7-8-15(16)10-14/h7-9,11-12,14-16H,3-6,10H2,1-2H3. The SMILES string of the molecule is CCCCCC(C=O)=CC1C2C=CC(C2)C1C. The second kappa shape index (κ2) is 5.66. The smallest absolute Gasteiger partial charge is 0.145 e. The number of hydrogen-bond acceptors (Lipinski definition) is 1. The second-order valence-corrected chi connectivity index (χ2v) is 5.70. The van der Waals surface area contributed by atoms with Crippen molar-refractivity contribution < 1.29 is 4.79 Å². The van der Waals surface area contributed by atoms with Gasteiger partial charge in [-0.15, -0.1) is 0 Å². The Morgan fingerprint density at radius 2 is 2.06 bits per heavy atom. The second-order valence-electron chi connectivity index (χ2n) is 5.70. The van der Waals surface area contributed by atoms with Crippen molar-refractivity contribution in [3.63, 3.8) is 0 Å². The summed E-state index contributed by atoms with van der Waals surface area (Å²) in [6.07, 6.45) is 14.0.